The van der Waals surface area contributed by atoms with Gasteiger partial charge in [0.1, 0.15) is 5.76 Å². The Morgan fingerprint density at radius 1 is 1.05 bits per heavy atom. The van der Waals surface area contributed by atoms with Crippen molar-refractivity contribution in [2.24, 2.45) is 0 Å². The maximum absolute atomic E-state index is 12.3. The third-order valence-electron chi connectivity index (χ3n) is 2.98. The minimum Gasteiger partial charge on any atom is -0.380 e. The first-order valence-corrected chi connectivity index (χ1v) is 7.66. The number of halogens is 3. The first-order chi connectivity index (χ1) is 9.79. The molecule has 0 saturated heterocycles. The summed E-state index contributed by atoms with van der Waals surface area (Å²) in [5, 5.41) is 0. The van der Waals surface area contributed by atoms with Crippen molar-refractivity contribution in [2.75, 3.05) is 0 Å². The van der Waals surface area contributed by atoms with E-state index in [2.05, 4.69) is 4.18 Å². The quantitative estimate of drug-likeness (QED) is 0.622. The number of rotatable bonds is 4. The largest absolute Gasteiger partial charge is 0.534 e. The van der Waals surface area contributed by atoms with Crippen molar-refractivity contribution in [2.45, 2.75) is 24.8 Å². The molecule has 1 aliphatic rings. The molecule has 0 unspecified atom stereocenters. The van der Waals surface area contributed by atoms with E-state index in [0.717, 1.165) is 5.56 Å². The molecule has 1 aromatic carbocycles. The Morgan fingerprint density at radius 2 is 1.71 bits per heavy atom. The zero-order chi connectivity index (χ0) is 15.5. The Morgan fingerprint density at radius 3 is 2.33 bits per heavy atom. The number of alkyl halides is 3. The van der Waals surface area contributed by atoms with Crippen LogP contribution in [0.1, 0.15) is 24.8 Å². The third-order valence-corrected chi connectivity index (χ3v) is 3.97. The van der Waals surface area contributed by atoms with E-state index in [-0.39, 0.29) is 12.2 Å². The highest BCUT2D eigenvalue weighted by molar-refractivity contribution is 7.87. The molecule has 2 rings (SSSR count). The maximum atomic E-state index is 12.3. The van der Waals surface area contributed by atoms with Crippen molar-refractivity contribution >= 4 is 16.2 Å². The molecule has 0 amide bonds. The van der Waals surface area contributed by atoms with Crippen molar-refractivity contribution in [1.29, 1.82) is 0 Å². The van der Waals surface area contributed by atoms with Crippen LogP contribution in [0.4, 0.5) is 13.2 Å². The Hall–Kier alpha value is -1.76. The molecule has 1 aromatic rings. The molecule has 0 spiro atoms. The van der Waals surface area contributed by atoms with Gasteiger partial charge in [0, 0.05) is 6.42 Å². The molecule has 0 bridgehead atoms. The SMILES string of the molecule is O=S(=O)(OC1=C(/C=C/c2ccccc2)CCC1)C(F)(F)F. The second-order valence-electron chi connectivity index (χ2n) is 4.53. The van der Waals surface area contributed by atoms with E-state index in [9.17, 15) is 21.6 Å². The molecule has 3 nitrogen and oxygen atoms in total. The Kier molecular flexibility index (Phi) is 4.41. The van der Waals surface area contributed by atoms with Crippen LogP contribution in [0.15, 0.2) is 47.7 Å². The van der Waals surface area contributed by atoms with Gasteiger partial charge in [-0.15, -0.1) is 0 Å². The minimum atomic E-state index is -5.59. The molecule has 0 N–H and O–H groups in total. The molecule has 0 saturated carbocycles. The van der Waals surface area contributed by atoms with Gasteiger partial charge in [-0.2, -0.15) is 21.6 Å². The average molecular weight is 318 g/mol. The molecular formula is C14H13F3O3S. The Balaban J connectivity index is 2.20. The van der Waals surface area contributed by atoms with Gasteiger partial charge in [-0.25, -0.2) is 0 Å². The van der Waals surface area contributed by atoms with Gasteiger partial charge in [0.2, 0.25) is 0 Å². The molecule has 1 aliphatic carbocycles. The van der Waals surface area contributed by atoms with E-state index in [1.165, 1.54) is 0 Å². The van der Waals surface area contributed by atoms with Gasteiger partial charge in [-0.3, -0.25) is 0 Å². The lowest BCUT2D eigenvalue weighted by molar-refractivity contribution is -0.0523. The van der Waals surface area contributed by atoms with Gasteiger partial charge in [-0.05, 0) is 24.0 Å². The smallest absolute Gasteiger partial charge is 0.380 e. The predicted octanol–water partition coefficient (Wildman–Crippen LogP) is 4.00. The molecule has 0 heterocycles. The summed E-state index contributed by atoms with van der Waals surface area (Å²) in [6.07, 6.45) is 4.56. The molecule has 114 valence electrons. The van der Waals surface area contributed by atoms with Gasteiger partial charge >= 0.3 is 15.6 Å². The first-order valence-electron chi connectivity index (χ1n) is 6.25. The maximum Gasteiger partial charge on any atom is 0.534 e. The second kappa shape index (κ2) is 5.93. The van der Waals surface area contributed by atoms with Crippen LogP contribution >= 0.6 is 0 Å². The average Bonchev–Trinajstić information content (AvgIpc) is 2.83. The Labute approximate surface area is 120 Å². The molecule has 0 atom stereocenters. The van der Waals surface area contributed by atoms with E-state index in [1.807, 2.05) is 30.3 Å². The van der Waals surface area contributed by atoms with E-state index in [4.69, 9.17) is 0 Å². The van der Waals surface area contributed by atoms with Crippen molar-refractivity contribution in [1.82, 2.24) is 0 Å². The lowest BCUT2D eigenvalue weighted by Crippen LogP contribution is -2.25. The summed E-state index contributed by atoms with van der Waals surface area (Å²) in [5.74, 6) is -0.125. The number of benzene rings is 1. The fraction of sp³-hybridized carbons (Fsp3) is 0.286. The number of hydrogen-bond acceptors (Lipinski definition) is 3. The third kappa shape index (κ3) is 3.87. The molecule has 0 aliphatic heterocycles. The number of allylic oxidation sites excluding steroid dienone is 3. The summed E-state index contributed by atoms with van der Waals surface area (Å²) in [6.45, 7) is 0. The Bertz CT molecular complexity index is 658. The van der Waals surface area contributed by atoms with E-state index >= 15 is 0 Å². The second-order valence-corrected chi connectivity index (χ2v) is 6.07. The predicted molar refractivity (Wildman–Crippen MR) is 72.4 cm³/mol. The van der Waals surface area contributed by atoms with Crippen LogP contribution in [0.5, 0.6) is 0 Å². The van der Waals surface area contributed by atoms with Gasteiger partial charge in [-0.1, -0.05) is 42.5 Å². The van der Waals surface area contributed by atoms with Crippen LogP contribution in [-0.4, -0.2) is 13.9 Å². The summed E-state index contributed by atoms with van der Waals surface area (Å²) in [5.41, 5.74) is -4.06. The van der Waals surface area contributed by atoms with E-state index in [1.54, 1.807) is 12.2 Å². The van der Waals surface area contributed by atoms with Crippen molar-refractivity contribution in [3.63, 3.8) is 0 Å². The van der Waals surface area contributed by atoms with Crippen molar-refractivity contribution < 1.29 is 25.8 Å². The lowest BCUT2D eigenvalue weighted by atomic mass is 10.1. The molecule has 0 aromatic heterocycles. The molecular weight excluding hydrogens is 305 g/mol. The fourth-order valence-corrected chi connectivity index (χ4v) is 2.50. The number of hydrogen-bond donors (Lipinski definition) is 0. The normalized spacial score (nSPS) is 16.7. The van der Waals surface area contributed by atoms with Crippen LogP contribution in [0.2, 0.25) is 0 Å². The highest BCUT2D eigenvalue weighted by atomic mass is 32.2. The van der Waals surface area contributed by atoms with Crippen LogP contribution in [-0.2, 0) is 14.3 Å². The van der Waals surface area contributed by atoms with E-state index < -0.39 is 15.6 Å². The lowest BCUT2D eigenvalue weighted by Gasteiger charge is -2.10. The minimum absolute atomic E-state index is 0.125. The summed E-state index contributed by atoms with van der Waals surface area (Å²) < 4.78 is 63.2. The first kappa shape index (κ1) is 15.6. The zero-order valence-corrected chi connectivity index (χ0v) is 11.7. The molecule has 7 heteroatoms. The summed E-state index contributed by atoms with van der Waals surface area (Å²) in [4.78, 5) is 0. The van der Waals surface area contributed by atoms with Gasteiger partial charge in [0.05, 0.1) is 0 Å². The van der Waals surface area contributed by atoms with Gasteiger partial charge < -0.3 is 4.18 Å². The fourth-order valence-electron chi connectivity index (χ4n) is 1.95. The molecule has 0 radical (unpaired) electrons. The summed E-state index contributed by atoms with van der Waals surface area (Å²) in [6, 6.07) is 9.16. The van der Waals surface area contributed by atoms with Crippen LogP contribution < -0.4 is 0 Å². The van der Waals surface area contributed by atoms with Crippen molar-refractivity contribution in [3.05, 3.63) is 53.3 Å². The van der Waals surface area contributed by atoms with Gasteiger partial charge in [0.15, 0.2) is 0 Å². The van der Waals surface area contributed by atoms with E-state index in [0.29, 0.717) is 18.4 Å². The topological polar surface area (TPSA) is 43.4 Å². The van der Waals surface area contributed by atoms with Crippen LogP contribution in [0.3, 0.4) is 0 Å². The van der Waals surface area contributed by atoms with Crippen molar-refractivity contribution in [3.8, 4) is 0 Å². The van der Waals surface area contributed by atoms with Crippen LogP contribution in [0, 0.1) is 0 Å². The highest BCUT2D eigenvalue weighted by Gasteiger charge is 2.49. The van der Waals surface area contributed by atoms with Crippen LogP contribution in [0.25, 0.3) is 6.08 Å². The summed E-state index contributed by atoms with van der Waals surface area (Å²) >= 11 is 0. The van der Waals surface area contributed by atoms with Gasteiger partial charge in [0.25, 0.3) is 0 Å². The standard InChI is InChI=1S/C14H13F3O3S/c15-14(16,17)21(18,19)20-13-8-4-7-12(13)10-9-11-5-2-1-3-6-11/h1-3,5-6,9-10H,4,7-8H2/b10-9+. The highest BCUT2D eigenvalue weighted by Crippen LogP contribution is 2.34. The monoisotopic (exact) mass is 318 g/mol. The summed E-state index contributed by atoms with van der Waals surface area (Å²) in [7, 11) is -5.59. The molecule has 0 fully saturated rings. The zero-order valence-electron chi connectivity index (χ0n) is 10.9. The molecule has 21 heavy (non-hydrogen) atoms.